The molecule has 3 rings (SSSR count). The number of rotatable bonds is 2. The van der Waals surface area contributed by atoms with Crippen molar-refractivity contribution in [3.63, 3.8) is 0 Å². The van der Waals surface area contributed by atoms with Gasteiger partial charge in [0, 0.05) is 25.2 Å². The van der Waals surface area contributed by atoms with E-state index in [1.807, 2.05) is 11.0 Å². The van der Waals surface area contributed by atoms with Crippen LogP contribution >= 0.6 is 0 Å². The molecule has 19 heavy (non-hydrogen) atoms. The number of benzene rings is 1. The normalized spacial score (nSPS) is 23.4. The predicted molar refractivity (Wildman–Crippen MR) is 77.3 cm³/mol. The molecule has 0 N–H and O–H groups in total. The Morgan fingerprint density at radius 3 is 2.95 bits per heavy atom. The Bertz CT molecular complexity index is 472. The Morgan fingerprint density at radius 2 is 2.16 bits per heavy atom. The lowest BCUT2D eigenvalue weighted by atomic mass is 9.99. The SMILES string of the molecule is CN1CCC(CC(=O)N2CCCc3ccccc32)C1. The van der Waals surface area contributed by atoms with Crippen molar-refractivity contribution in [1.82, 2.24) is 4.90 Å². The van der Waals surface area contributed by atoms with Crippen molar-refractivity contribution in [1.29, 1.82) is 0 Å². The molecule has 2 heterocycles. The number of carbonyl (C=O) groups is 1. The molecule has 1 unspecified atom stereocenters. The summed E-state index contributed by atoms with van der Waals surface area (Å²) in [6.07, 6.45) is 4.07. The summed E-state index contributed by atoms with van der Waals surface area (Å²) in [5, 5.41) is 0. The molecule has 0 bridgehead atoms. The number of anilines is 1. The van der Waals surface area contributed by atoms with Crippen LogP contribution < -0.4 is 4.90 Å². The smallest absolute Gasteiger partial charge is 0.227 e. The molecule has 1 amide bonds. The van der Waals surface area contributed by atoms with E-state index in [1.165, 1.54) is 5.56 Å². The van der Waals surface area contributed by atoms with E-state index < -0.39 is 0 Å². The summed E-state index contributed by atoms with van der Waals surface area (Å²) in [7, 11) is 2.14. The minimum Gasteiger partial charge on any atom is -0.312 e. The summed E-state index contributed by atoms with van der Waals surface area (Å²) in [4.78, 5) is 16.9. The first-order valence-electron chi connectivity index (χ1n) is 7.31. The molecule has 0 aromatic heterocycles. The van der Waals surface area contributed by atoms with Crippen LogP contribution in [0, 0.1) is 5.92 Å². The van der Waals surface area contributed by atoms with Crippen molar-refractivity contribution < 1.29 is 4.79 Å². The molecule has 102 valence electrons. The van der Waals surface area contributed by atoms with Gasteiger partial charge in [-0.25, -0.2) is 0 Å². The fourth-order valence-electron chi connectivity index (χ4n) is 3.34. The molecule has 0 spiro atoms. The van der Waals surface area contributed by atoms with E-state index >= 15 is 0 Å². The van der Waals surface area contributed by atoms with Crippen LogP contribution in [0.25, 0.3) is 0 Å². The van der Waals surface area contributed by atoms with Gasteiger partial charge in [0.1, 0.15) is 0 Å². The lowest BCUT2D eigenvalue weighted by Gasteiger charge is -2.30. The maximum Gasteiger partial charge on any atom is 0.227 e. The Kier molecular flexibility index (Phi) is 3.56. The highest BCUT2D eigenvalue weighted by atomic mass is 16.2. The average molecular weight is 258 g/mol. The van der Waals surface area contributed by atoms with Gasteiger partial charge in [0.2, 0.25) is 5.91 Å². The van der Waals surface area contributed by atoms with Crippen LogP contribution in [0.4, 0.5) is 5.69 Å². The summed E-state index contributed by atoms with van der Waals surface area (Å²) in [6.45, 7) is 3.09. The van der Waals surface area contributed by atoms with Crippen LogP contribution in [-0.2, 0) is 11.2 Å². The number of amides is 1. The van der Waals surface area contributed by atoms with Crippen molar-refractivity contribution >= 4 is 11.6 Å². The van der Waals surface area contributed by atoms with Gasteiger partial charge < -0.3 is 9.80 Å². The second-order valence-electron chi connectivity index (χ2n) is 5.90. The third-order valence-corrected chi connectivity index (χ3v) is 4.36. The van der Waals surface area contributed by atoms with Crippen molar-refractivity contribution in [2.45, 2.75) is 25.7 Å². The van der Waals surface area contributed by atoms with Crippen LogP contribution in [0.15, 0.2) is 24.3 Å². The topological polar surface area (TPSA) is 23.6 Å². The number of likely N-dealkylation sites (tertiary alicyclic amines) is 1. The van der Waals surface area contributed by atoms with Crippen LogP contribution in [0.1, 0.15) is 24.8 Å². The van der Waals surface area contributed by atoms with Gasteiger partial charge in [0.05, 0.1) is 0 Å². The third kappa shape index (κ3) is 2.66. The Hall–Kier alpha value is -1.35. The largest absolute Gasteiger partial charge is 0.312 e. The highest BCUT2D eigenvalue weighted by Crippen LogP contribution is 2.28. The molecule has 1 atom stereocenters. The minimum atomic E-state index is 0.312. The molecular formula is C16H22N2O. The number of fused-ring (bicyclic) bond motifs is 1. The van der Waals surface area contributed by atoms with Crippen molar-refractivity contribution in [3.05, 3.63) is 29.8 Å². The maximum atomic E-state index is 12.5. The summed E-state index contributed by atoms with van der Waals surface area (Å²) in [5.74, 6) is 0.860. The summed E-state index contributed by atoms with van der Waals surface area (Å²) < 4.78 is 0. The first-order chi connectivity index (χ1) is 9.24. The summed E-state index contributed by atoms with van der Waals surface area (Å²) >= 11 is 0. The minimum absolute atomic E-state index is 0.312. The Labute approximate surface area is 115 Å². The molecule has 3 heteroatoms. The monoisotopic (exact) mass is 258 g/mol. The van der Waals surface area contributed by atoms with E-state index in [0.717, 1.165) is 44.6 Å². The van der Waals surface area contributed by atoms with Crippen molar-refractivity contribution in [2.24, 2.45) is 5.92 Å². The predicted octanol–water partition coefficient (Wildman–Crippen LogP) is 2.31. The van der Waals surface area contributed by atoms with Crippen molar-refractivity contribution in [3.8, 4) is 0 Å². The molecule has 3 nitrogen and oxygen atoms in total. The Balaban J connectivity index is 1.71. The standard InChI is InChI=1S/C16H22N2O/c1-17-10-8-13(12-17)11-16(19)18-9-4-6-14-5-2-3-7-15(14)18/h2-3,5,7,13H,4,6,8-12H2,1H3. The molecule has 0 saturated carbocycles. The van der Waals surface area contributed by atoms with E-state index in [9.17, 15) is 4.79 Å². The molecule has 0 radical (unpaired) electrons. The van der Waals surface area contributed by atoms with Gasteiger partial charge in [0.15, 0.2) is 0 Å². The fourth-order valence-corrected chi connectivity index (χ4v) is 3.34. The first kappa shape index (κ1) is 12.7. The van der Waals surface area contributed by atoms with E-state index in [2.05, 4.69) is 30.1 Å². The zero-order valence-corrected chi connectivity index (χ0v) is 11.6. The lowest BCUT2D eigenvalue weighted by molar-refractivity contribution is -0.119. The number of para-hydroxylation sites is 1. The summed E-state index contributed by atoms with van der Waals surface area (Å²) in [6, 6.07) is 8.35. The summed E-state index contributed by atoms with van der Waals surface area (Å²) in [5.41, 5.74) is 2.47. The molecule has 0 aliphatic carbocycles. The number of carbonyl (C=O) groups excluding carboxylic acids is 1. The van der Waals surface area contributed by atoms with E-state index in [1.54, 1.807) is 0 Å². The van der Waals surface area contributed by atoms with Crippen LogP contribution in [0.5, 0.6) is 0 Å². The molecule has 1 aromatic rings. The number of hydrogen-bond donors (Lipinski definition) is 0. The molecular weight excluding hydrogens is 236 g/mol. The van der Waals surface area contributed by atoms with E-state index in [-0.39, 0.29) is 0 Å². The fraction of sp³-hybridized carbons (Fsp3) is 0.562. The lowest BCUT2D eigenvalue weighted by Crippen LogP contribution is -2.36. The van der Waals surface area contributed by atoms with Crippen LogP contribution in [0.3, 0.4) is 0 Å². The number of hydrogen-bond acceptors (Lipinski definition) is 2. The van der Waals surface area contributed by atoms with Gasteiger partial charge in [-0.05, 0) is 50.4 Å². The van der Waals surface area contributed by atoms with Crippen LogP contribution in [0.2, 0.25) is 0 Å². The van der Waals surface area contributed by atoms with Gasteiger partial charge in [-0.15, -0.1) is 0 Å². The zero-order valence-electron chi connectivity index (χ0n) is 11.6. The highest BCUT2D eigenvalue weighted by Gasteiger charge is 2.27. The van der Waals surface area contributed by atoms with Crippen molar-refractivity contribution in [2.75, 3.05) is 31.6 Å². The van der Waals surface area contributed by atoms with Gasteiger partial charge in [-0.1, -0.05) is 18.2 Å². The second-order valence-corrected chi connectivity index (χ2v) is 5.90. The molecule has 1 aromatic carbocycles. The molecule has 1 saturated heterocycles. The van der Waals surface area contributed by atoms with Gasteiger partial charge >= 0.3 is 0 Å². The van der Waals surface area contributed by atoms with E-state index in [4.69, 9.17) is 0 Å². The van der Waals surface area contributed by atoms with E-state index in [0.29, 0.717) is 18.2 Å². The number of aryl methyl sites for hydroxylation is 1. The first-order valence-corrected chi connectivity index (χ1v) is 7.31. The molecule has 2 aliphatic heterocycles. The second kappa shape index (κ2) is 5.33. The maximum absolute atomic E-state index is 12.5. The van der Waals surface area contributed by atoms with Gasteiger partial charge in [-0.2, -0.15) is 0 Å². The highest BCUT2D eigenvalue weighted by molar-refractivity contribution is 5.94. The zero-order chi connectivity index (χ0) is 13.2. The van der Waals surface area contributed by atoms with Crippen LogP contribution in [-0.4, -0.2) is 37.5 Å². The number of nitrogens with zero attached hydrogens (tertiary/aromatic N) is 2. The Morgan fingerprint density at radius 1 is 1.32 bits per heavy atom. The average Bonchev–Trinajstić information content (AvgIpc) is 2.83. The molecule has 1 fully saturated rings. The third-order valence-electron chi connectivity index (χ3n) is 4.36. The quantitative estimate of drug-likeness (QED) is 0.812. The van der Waals surface area contributed by atoms with Gasteiger partial charge in [-0.3, -0.25) is 4.79 Å². The van der Waals surface area contributed by atoms with Gasteiger partial charge in [0.25, 0.3) is 0 Å². The molecule has 2 aliphatic rings.